The summed E-state index contributed by atoms with van der Waals surface area (Å²) in [5.41, 5.74) is -0.183. The minimum absolute atomic E-state index is 0.00270. The Morgan fingerprint density at radius 3 is 2.59 bits per heavy atom. The molecule has 1 N–H and O–H groups in total. The van der Waals surface area contributed by atoms with E-state index in [1.54, 1.807) is 0 Å². The predicted octanol–water partition coefficient (Wildman–Crippen LogP) is 2.23. The Balaban J connectivity index is 1.66. The lowest BCUT2D eigenvalue weighted by molar-refractivity contribution is -0.142. The number of hydrogen-bond donors (Lipinski definition) is 1. The van der Waals surface area contributed by atoms with Crippen molar-refractivity contribution in [3.8, 4) is 0 Å². The Kier molecular flexibility index (Phi) is 5.54. The van der Waals surface area contributed by atoms with Gasteiger partial charge in [-0.25, -0.2) is 17.5 Å². The fraction of sp³-hybridized carbons (Fsp3) is 0.438. The average Bonchev–Trinajstić information content (AvgIpc) is 2.96. The normalized spacial score (nSPS) is 15.0. The molecule has 3 rings (SSSR count). The highest BCUT2D eigenvalue weighted by Gasteiger charge is 2.39. The maximum Gasteiger partial charge on any atom is 0.435 e. The van der Waals surface area contributed by atoms with Crippen molar-refractivity contribution in [1.82, 2.24) is 14.5 Å². The molecule has 148 valence electrons. The first kappa shape index (κ1) is 19.8. The van der Waals surface area contributed by atoms with Gasteiger partial charge in [-0.15, -0.1) is 0 Å². The van der Waals surface area contributed by atoms with Gasteiger partial charge >= 0.3 is 6.18 Å². The van der Waals surface area contributed by atoms with Gasteiger partial charge in [-0.05, 0) is 17.7 Å². The van der Waals surface area contributed by atoms with Crippen LogP contribution in [0.25, 0.3) is 0 Å². The molecule has 2 heterocycles. The zero-order valence-corrected chi connectivity index (χ0v) is 14.9. The van der Waals surface area contributed by atoms with Gasteiger partial charge < -0.3 is 4.74 Å². The van der Waals surface area contributed by atoms with Crippen molar-refractivity contribution in [3.63, 3.8) is 0 Å². The van der Waals surface area contributed by atoms with E-state index >= 15 is 0 Å². The van der Waals surface area contributed by atoms with E-state index in [-0.39, 0.29) is 44.0 Å². The minimum atomic E-state index is -4.60. The third-order valence-electron chi connectivity index (χ3n) is 4.08. The Hall–Kier alpha value is -1.98. The van der Waals surface area contributed by atoms with Crippen LogP contribution in [0.2, 0.25) is 0 Å². The number of benzene rings is 1. The van der Waals surface area contributed by atoms with Crippen molar-refractivity contribution in [1.29, 1.82) is 0 Å². The van der Waals surface area contributed by atoms with Gasteiger partial charge in [-0.1, -0.05) is 12.1 Å². The van der Waals surface area contributed by atoms with Crippen LogP contribution in [0.3, 0.4) is 0 Å². The molecule has 0 fully saturated rings. The average molecular weight is 407 g/mol. The fourth-order valence-corrected chi connectivity index (χ4v) is 4.02. The minimum Gasteiger partial charge on any atom is -0.376 e. The van der Waals surface area contributed by atoms with Crippen molar-refractivity contribution in [2.45, 2.75) is 31.5 Å². The van der Waals surface area contributed by atoms with Gasteiger partial charge in [0.1, 0.15) is 5.82 Å². The van der Waals surface area contributed by atoms with Crippen molar-refractivity contribution >= 4 is 10.0 Å². The van der Waals surface area contributed by atoms with Gasteiger partial charge in [0, 0.05) is 24.2 Å². The number of fused-ring (bicyclic) bond motifs is 1. The monoisotopic (exact) mass is 407 g/mol. The Labute approximate surface area is 153 Å². The second-order valence-electron chi connectivity index (χ2n) is 6.08. The SMILES string of the molecule is O=S(=O)(Cc1ccc(F)cc1)NCCn1nc(C(F)(F)F)c2c1CCOC2. The number of hydrogen-bond acceptors (Lipinski definition) is 4. The molecule has 0 unspecified atom stereocenters. The number of nitrogens with one attached hydrogen (secondary N) is 1. The highest BCUT2D eigenvalue weighted by molar-refractivity contribution is 7.88. The summed E-state index contributed by atoms with van der Waals surface area (Å²) in [6.07, 6.45) is -4.32. The lowest BCUT2D eigenvalue weighted by Gasteiger charge is -2.15. The highest BCUT2D eigenvalue weighted by Crippen LogP contribution is 2.34. The summed E-state index contributed by atoms with van der Waals surface area (Å²) in [4.78, 5) is 0. The van der Waals surface area contributed by atoms with Gasteiger partial charge in [0.15, 0.2) is 5.69 Å². The zero-order chi connectivity index (χ0) is 19.7. The van der Waals surface area contributed by atoms with Crippen LogP contribution in [-0.2, 0) is 46.3 Å². The molecule has 1 aromatic carbocycles. The second kappa shape index (κ2) is 7.56. The molecule has 1 aromatic heterocycles. The third-order valence-corrected chi connectivity index (χ3v) is 5.44. The molecule has 27 heavy (non-hydrogen) atoms. The van der Waals surface area contributed by atoms with E-state index < -0.39 is 27.7 Å². The van der Waals surface area contributed by atoms with Crippen molar-refractivity contribution in [2.24, 2.45) is 0 Å². The first-order valence-electron chi connectivity index (χ1n) is 8.11. The Morgan fingerprint density at radius 2 is 1.93 bits per heavy atom. The molecule has 1 aliphatic heterocycles. The van der Waals surface area contributed by atoms with Crippen LogP contribution >= 0.6 is 0 Å². The summed E-state index contributed by atoms with van der Waals surface area (Å²) >= 11 is 0. The maximum absolute atomic E-state index is 13.1. The number of halogens is 4. The number of nitrogens with zero attached hydrogens (tertiary/aromatic N) is 2. The van der Waals surface area contributed by atoms with Crippen LogP contribution < -0.4 is 4.72 Å². The van der Waals surface area contributed by atoms with Gasteiger partial charge in [-0.2, -0.15) is 18.3 Å². The molecule has 0 saturated carbocycles. The summed E-state index contributed by atoms with van der Waals surface area (Å²) in [5.74, 6) is -0.830. The fourth-order valence-electron chi connectivity index (χ4n) is 2.88. The number of sulfonamides is 1. The van der Waals surface area contributed by atoms with Gasteiger partial charge in [0.05, 0.1) is 25.5 Å². The maximum atomic E-state index is 13.1. The van der Waals surface area contributed by atoms with Crippen LogP contribution in [0.15, 0.2) is 24.3 Å². The molecular formula is C16H17F4N3O3S. The highest BCUT2D eigenvalue weighted by atomic mass is 32.2. The van der Waals surface area contributed by atoms with Gasteiger partial charge in [0.25, 0.3) is 0 Å². The van der Waals surface area contributed by atoms with E-state index in [1.165, 1.54) is 16.8 Å². The predicted molar refractivity (Wildman–Crippen MR) is 87.6 cm³/mol. The van der Waals surface area contributed by atoms with E-state index in [1.807, 2.05) is 0 Å². The summed E-state index contributed by atoms with van der Waals surface area (Å²) < 4.78 is 85.0. The molecule has 0 atom stereocenters. The topological polar surface area (TPSA) is 73.2 Å². The first-order chi connectivity index (χ1) is 12.7. The van der Waals surface area contributed by atoms with Crippen LogP contribution in [0.5, 0.6) is 0 Å². The molecule has 0 saturated heterocycles. The Bertz CT molecular complexity index is 908. The Morgan fingerprint density at radius 1 is 1.22 bits per heavy atom. The van der Waals surface area contributed by atoms with Crippen molar-refractivity contribution < 1.29 is 30.7 Å². The number of alkyl halides is 3. The summed E-state index contributed by atoms with van der Waals surface area (Å²) in [5, 5.41) is 3.61. The zero-order valence-electron chi connectivity index (χ0n) is 14.1. The third kappa shape index (κ3) is 4.85. The van der Waals surface area contributed by atoms with Crippen LogP contribution in [0.1, 0.15) is 22.5 Å². The molecule has 0 radical (unpaired) electrons. The van der Waals surface area contributed by atoms with E-state index in [0.717, 1.165) is 12.1 Å². The number of ether oxygens (including phenoxy) is 1. The molecule has 11 heteroatoms. The van der Waals surface area contributed by atoms with Crippen molar-refractivity contribution in [3.05, 3.63) is 52.6 Å². The van der Waals surface area contributed by atoms with Gasteiger partial charge in [0.2, 0.25) is 10.0 Å². The molecule has 0 spiro atoms. The molecular weight excluding hydrogens is 390 g/mol. The standard InChI is InChI=1S/C16H17F4N3O3S/c17-12-3-1-11(2-4-12)10-27(24,25)21-6-7-23-14-5-8-26-9-13(14)15(22-23)16(18,19)20/h1-4,21H,5-10H2. The molecule has 1 aliphatic rings. The smallest absolute Gasteiger partial charge is 0.376 e. The molecule has 2 aromatic rings. The van der Waals surface area contributed by atoms with Crippen molar-refractivity contribution in [2.75, 3.05) is 13.2 Å². The van der Waals surface area contributed by atoms with Gasteiger partial charge in [-0.3, -0.25) is 4.68 Å². The number of aromatic nitrogens is 2. The van der Waals surface area contributed by atoms with E-state index in [0.29, 0.717) is 11.3 Å². The van der Waals surface area contributed by atoms with Crippen LogP contribution in [-0.4, -0.2) is 31.3 Å². The molecule has 0 bridgehead atoms. The van der Waals surface area contributed by atoms with E-state index in [2.05, 4.69) is 9.82 Å². The lowest BCUT2D eigenvalue weighted by atomic mass is 10.1. The summed E-state index contributed by atoms with van der Waals surface area (Å²) in [6, 6.07) is 5.02. The second-order valence-corrected chi connectivity index (χ2v) is 7.88. The van der Waals surface area contributed by atoms with Crippen LogP contribution in [0.4, 0.5) is 17.6 Å². The number of rotatable bonds is 6. The lowest BCUT2D eigenvalue weighted by Crippen LogP contribution is -2.29. The molecule has 0 amide bonds. The first-order valence-corrected chi connectivity index (χ1v) is 9.76. The molecule has 6 nitrogen and oxygen atoms in total. The summed E-state index contributed by atoms with van der Waals surface area (Å²) in [6.45, 7) is -0.0381. The van der Waals surface area contributed by atoms with E-state index in [9.17, 15) is 26.0 Å². The summed E-state index contributed by atoms with van der Waals surface area (Å²) in [7, 11) is -3.72. The largest absolute Gasteiger partial charge is 0.435 e. The van der Waals surface area contributed by atoms with E-state index in [4.69, 9.17) is 4.74 Å². The van der Waals surface area contributed by atoms with Crippen LogP contribution in [0, 0.1) is 5.82 Å². The molecule has 0 aliphatic carbocycles. The quantitative estimate of drug-likeness (QED) is 0.746.